The van der Waals surface area contributed by atoms with Crippen molar-refractivity contribution in [2.75, 3.05) is 32.8 Å². The van der Waals surface area contributed by atoms with E-state index < -0.39 is 23.7 Å². The average Bonchev–Trinajstić information content (AvgIpc) is 3.38. The molecule has 1 aliphatic rings. The summed E-state index contributed by atoms with van der Waals surface area (Å²) in [7, 11) is 0. The van der Waals surface area contributed by atoms with Crippen LogP contribution in [0.25, 0.3) is 0 Å². The maximum Gasteiger partial charge on any atom is 0.416 e. The number of carbonyl (C=O) groups excluding carboxylic acids is 2. The minimum Gasteiger partial charge on any atom is -0.450 e. The number of alkyl halides is 3. The first-order valence-corrected chi connectivity index (χ1v) is 13.3. The van der Waals surface area contributed by atoms with E-state index in [9.17, 15) is 27.2 Å². The number of ether oxygens (including phenoxy) is 1. The highest BCUT2D eigenvalue weighted by molar-refractivity contribution is 7.09. The van der Waals surface area contributed by atoms with Gasteiger partial charge in [-0.3, -0.25) is 9.69 Å². The summed E-state index contributed by atoms with van der Waals surface area (Å²) in [4.78, 5) is 34.4. The number of benzene rings is 2. The summed E-state index contributed by atoms with van der Waals surface area (Å²) >= 11 is 1.26. The van der Waals surface area contributed by atoms with Crippen molar-refractivity contribution >= 4 is 23.3 Å². The molecule has 0 atom stereocenters. The third-order valence-corrected chi connectivity index (χ3v) is 7.07. The van der Waals surface area contributed by atoms with Crippen LogP contribution in [0.2, 0.25) is 0 Å². The minimum absolute atomic E-state index is 0.122. The van der Waals surface area contributed by atoms with Crippen molar-refractivity contribution in [1.29, 1.82) is 0 Å². The van der Waals surface area contributed by atoms with Gasteiger partial charge in [-0.05, 0) is 24.6 Å². The van der Waals surface area contributed by atoms with Crippen LogP contribution in [0.1, 0.15) is 39.1 Å². The van der Waals surface area contributed by atoms with E-state index in [1.807, 2.05) is 0 Å². The predicted molar refractivity (Wildman–Crippen MR) is 137 cm³/mol. The Hall–Kier alpha value is -3.51. The smallest absolute Gasteiger partial charge is 0.416 e. The molecule has 0 bridgehead atoms. The molecule has 7 nitrogen and oxygen atoms in total. The molecule has 39 heavy (non-hydrogen) atoms. The Morgan fingerprint density at radius 3 is 2.41 bits per heavy atom. The molecule has 3 aromatic rings. The highest BCUT2D eigenvalue weighted by Gasteiger charge is 2.31. The van der Waals surface area contributed by atoms with Crippen LogP contribution >= 0.6 is 11.3 Å². The highest BCUT2D eigenvalue weighted by Crippen LogP contribution is 2.30. The number of hydrogen-bond donors (Lipinski definition) is 0. The van der Waals surface area contributed by atoms with Crippen molar-refractivity contribution in [1.82, 2.24) is 19.7 Å². The fourth-order valence-electron chi connectivity index (χ4n) is 4.28. The maximum atomic E-state index is 14.4. The van der Waals surface area contributed by atoms with Gasteiger partial charge in [-0.15, -0.1) is 11.3 Å². The van der Waals surface area contributed by atoms with Crippen molar-refractivity contribution in [3.63, 3.8) is 0 Å². The summed E-state index contributed by atoms with van der Waals surface area (Å²) in [6.45, 7) is 3.89. The van der Waals surface area contributed by atoms with Gasteiger partial charge in [0.05, 0.1) is 18.7 Å². The number of carbonyl (C=O) groups is 2. The van der Waals surface area contributed by atoms with Crippen LogP contribution in [-0.2, 0) is 30.5 Å². The van der Waals surface area contributed by atoms with Gasteiger partial charge in [-0.2, -0.15) is 13.2 Å². The van der Waals surface area contributed by atoms with Gasteiger partial charge in [0.1, 0.15) is 16.5 Å². The van der Waals surface area contributed by atoms with Gasteiger partial charge >= 0.3 is 12.3 Å². The molecule has 0 radical (unpaired) electrons. The standard InChI is InChI=1S/C27H28F4N4O3S/c1-2-38-26(37)35-12-10-34(11-13-35)25(36)23-18-39-24(32-23)17-33(16-20-7-3-4-9-22(20)28)15-19-6-5-8-21(14-19)27(29,30)31/h3-9,14,18H,2,10-13,15-17H2,1H3. The molecule has 0 saturated carbocycles. The molecule has 0 spiro atoms. The minimum atomic E-state index is -4.47. The Balaban J connectivity index is 1.46. The molecule has 12 heteroatoms. The maximum absolute atomic E-state index is 14.4. The van der Waals surface area contributed by atoms with E-state index in [2.05, 4.69) is 4.98 Å². The molecule has 1 fully saturated rings. The lowest BCUT2D eigenvalue weighted by Crippen LogP contribution is -2.50. The van der Waals surface area contributed by atoms with Gasteiger partial charge in [0.2, 0.25) is 0 Å². The van der Waals surface area contributed by atoms with E-state index in [4.69, 9.17) is 4.74 Å². The van der Waals surface area contributed by atoms with E-state index in [0.29, 0.717) is 42.3 Å². The van der Waals surface area contributed by atoms with E-state index in [0.717, 1.165) is 12.1 Å². The molecule has 1 aliphatic heterocycles. The quantitative estimate of drug-likeness (QED) is 0.342. The SMILES string of the molecule is CCOC(=O)N1CCN(C(=O)c2csc(CN(Cc3cccc(C(F)(F)F)c3)Cc3ccccc3F)n2)CC1. The second-order valence-corrected chi connectivity index (χ2v) is 9.98. The van der Waals surface area contributed by atoms with Crippen molar-refractivity contribution in [2.24, 2.45) is 0 Å². The first-order chi connectivity index (χ1) is 18.6. The largest absolute Gasteiger partial charge is 0.450 e. The molecule has 1 aromatic heterocycles. The van der Waals surface area contributed by atoms with Crippen LogP contribution in [0.5, 0.6) is 0 Å². The summed E-state index contributed by atoms with van der Waals surface area (Å²) in [5.41, 5.74) is 0.325. The fraction of sp³-hybridized carbons (Fsp3) is 0.370. The molecule has 208 valence electrons. The van der Waals surface area contributed by atoms with Crippen LogP contribution < -0.4 is 0 Å². The molecule has 0 unspecified atom stereocenters. The summed E-state index contributed by atoms with van der Waals surface area (Å²) in [6.07, 6.45) is -4.88. The zero-order valence-electron chi connectivity index (χ0n) is 21.3. The van der Waals surface area contributed by atoms with Gasteiger partial charge in [-0.1, -0.05) is 36.4 Å². The molecule has 2 amide bonds. The number of nitrogens with zero attached hydrogens (tertiary/aromatic N) is 4. The van der Waals surface area contributed by atoms with E-state index in [-0.39, 0.29) is 37.8 Å². The zero-order valence-corrected chi connectivity index (χ0v) is 22.1. The van der Waals surface area contributed by atoms with Crippen molar-refractivity contribution in [3.8, 4) is 0 Å². The van der Waals surface area contributed by atoms with Crippen LogP contribution in [0.3, 0.4) is 0 Å². The van der Waals surface area contributed by atoms with Crippen molar-refractivity contribution in [2.45, 2.75) is 32.7 Å². The van der Waals surface area contributed by atoms with Gasteiger partial charge in [0.25, 0.3) is 5.91 Å². The topological polar surface area (TPSA) is 66.0 Å². The lowest BCUT2D eigenvalue weighted by molar-refractivity contribution is -0.137. The Kier molecular flexibility index (Phi) is 9.18. The highest BCUT2D eigenvalue weighted by atomic mass is 32.1. The number of halogens is 4. The van der Waals surface area contributed by atoms with Crippen LogP contribution in [0.15, 0.2) is 53.9 Å². The number of aromatic nitrogens is 1. The number of piperazine rings is 1. The molecule has 4 rings (SSSR count). The lowest BCUT2D eigenvalue weighted by Gasteiger charge is -2.33. The summed E-state index contributed by atoms with van der Waals surface area (Å²) < 4.78 is 59.2. The molecule has 2 heterocycles. The van der Waals surface area contributed by atoms with Crippen LogP contribution in [0.4, 0.5) is 22.4 Å². The van der Waals surface area contributed by atoms with E-state index in [1.54, 1.807) is 51.3 Å². The second kappa shape index (κ2) is 12.6. The molecule has 1 saturated heterocycles. The van der Waals surface area contributed by atoms with Gasteiger partial charge in [0, 0.05) is 50.2 Å². The lowest BCUT2D eigenvalue weighted by atomic mass is 10.1. The van der Waals surface area contributed by atoms with E-state index in [1.165, 1.54) is 23.5 Å². The third kappa shape index (κ3) is 7.54. The van der Waals surface area contributed by atoms with Crippen LogP contribution in [-0.4, -0.2) is 64.5 Å². The number of rotatable bonds is 8. The van der Waals surface area contributed by atoms with Gasteiger partial charge < -0.3 is 14.5 Å². The number of thiazole rings is 1. The van der Waals surface area contributed by atoms with Crippen molar-refractivity contribution < 1.29 is 31.9 Å². The molecular formula is C27H28F4N4O3S. The fourth-order valence-corrected chi connectivity index (χ4v) is 5.09. The Labute approximate surface area is 227 Å². The monoisotopic (exact) mass is 564 g/mol. The average molecular weight is 565 g/mol. The normalized spacial score (nSPS) is 14.1. The van der Waals surface area contributed by atoms with Gasteiger partial charge in [0.15, 0.2) is 0 Å². The van der Waals surface area contributed by atoms with E-state index >= 15 is 0 Å². The number of hydrogen-bond acceptors (Lipinski definition) is 6. The molecule has 2 aromatic carbocycles. The molecular weight excluding hydrogens is 536 g/mol. The summed E-state index contributed by atoms with van der Waals surface area (Å²) in [5.74, 6) is -0.678. The van der Waals surface area contributed by atoms with Crippen molar-refractivity contribution in [3.05, 3.63) is 87.1 Å². The zero-order chi connectivity index (χ0) is 28.0. The Morgan fingerprint density at radius 1 is 1.00 bits per heavy atom. The molecule has 0 aliphatic carbocycles. The Bertz CT molecular complexity index is 1290. The Morgan fingerprint density at radius 2 is 1.72 bits per heavy atom. The summed E-state index contributed by atoms with van der Waals surface area (Å²) in [5, 5.41) is 2.22. The summed E-state index contributed by atoms with van der Waals surface area (Å²) in [6, 6.07) is 11.3. The van der Waals surface area contributed by atoms with Gasteiger partial charge in [-0.25, -0.2) is 14.2 Å². The predicted octanol–water partition coefficient (Wildman–Crippen LogP) is 5.42. The van der Waals surface area contributed by atoms with Crippen LogP contribution in [0, 0.1) is 5.82 Å². The first kappa shape index (κ1) is 28.5. The number of amides is 2. The second-order valence-electron chi connectivity index (χ2n) is 9.04. The molecule has 0 N–H and O–H groups in total. The first-order valence-electron chi connectivity index (χ1n) is 12.4. The third-order valence-electron chi connectivity index (χ3n) is 6.23.